The maximum atomic E-state index is 12.7. The van der Waals surface area contributed by atoms with Crippen LogP contribution in [0.4, 0.5) is 11.5 Å². The lowest BCUT2D eigenvalue weighted by Crippen LogP contribution is -2.43. The van der Waals surface area contributed by atoms with Crippen LogP contribution in [0.2, 0.25) is 0 Å². The first-order valence-corrected chi connectivity index (χ1v) is 12.8. The lowest BCUT2D eigenvalue weighted by Gasteiger charge is -2.40. The highest BCUT2D eigenvalue weighted by molar-refractivity contribution is 5.81. The molecule has 9 heteroatoms. The number of ether oxygens (including phenoxy) is 1. The third-order valence-electron chi connectivity index (χ3n) is 8.18. The van der Waals surface area contributed by atoms with E-state index in [0.29, 0.717) is 24.6 Å². The molecule has 3 atom stereocenters. The molecule has 1 fully saturated rings. The predicted octanol–water partition coefficient (Wildman–Crippen LogP) is 4.11. The smallest absolute Gasteiger partial charge is 0.219 e. The maximum absolute atomic E-state index is 12.7. The predicted molar refractivity (Wildman–Crippen MR) is 135 cm³/mol. The summed E-state index contributed by atoms with van der Waals surface area (Å²) in [6.07, 6.45) is 4.44. The Morgan fingerprint density at radius 3 is 2.78 bits per heavy atom. The lowest BCUT2D eigenvalue weighted by atomic mass is 9.84. The quantitative estimate of drug-likeness (QED) is 0.577. The molecule has 186 valence electrons. The Morgan fingerprint density at radius 1 is 1.22 bits per heavy atom. The van der Waals surface area contributed by atoms with Gasteiger partial charge in [0.1, 0.15) is 0 Å². The van der Waals surface area contributed by atoms with Crippen molar-refractivity contribution in [2.24, 2.45) is 5.92 Å². The fraction of sp³-hybridized carbons (Fsp3) is 0.481. The van der Waals surface area contributed by atoms with Crippen LogP contribution in [0, 0.1) is 24.2 Å². The van der Waals surface area contributed by atoms with Crippen LogP contribution in [0.25, 0.3) is 11.1 Å². The number of nitrogens with one attached hydrogen (secondary N) is 2. The standard InChI is InChI=1S/C27H31N7O2/c1-15-4-7-34(24-10-19(12-28)21(11-20(15)24)22-13-29-30-16(22)2)27-25-23(31-32-27)5-8-33(17(3)35)26(25)18-6-9-36-14-18/h10-11,13,15,18,26H,4-9,14H2,1-3H3,(H,29,30)(H,31,32). The van der Waals surface area contributed by atoms with Gasteiger partial charge in [0.25, 0.3) is 0 Å². The highest BCUT2D eigenvalue weighted by Gasteiger charge is 2.42. The number of amides is 1. The molecule has 0 aliphatic carbocycles. The number of carbonyl (C=O) groups is 1. The lowest BCUT2D eigenvalue weighted by molar-refractivity contribution is -0.133. The van der Waals surface area contributed by atoms with Gasteiger partial charge in [0.15, 0.2) is 5.82 Å². The van der Waals surface area contributed by atoms with Crippen molar-refractivity contribution in [3.8, 4) is 17.2 Å². The summed E-state index contributed by atoms with van der Waals surface area (Å²) in [5.74, 6) is 1.55. The maximum Gasteiger partial charge on any atom is 0.219 e. The molecule has 0 saturated carbocycles. The van der Waals surface area contributed by atoms with Crippen LogP contribution < -0.4 is 4.90 Å². The molecule has 0 bridgehead atoms. The average Bonchev–Trinajstić information content (AvgIpc) is 3.64. The number of benzene rings is 1. The van der Waals surface area contributed by atoms with E-state index in [1.807, 2.05) is 17.9 Å². The Bertz CT molecular complexity index is 1360. The molecule has 6 rings (SSSR count). The van der Waals surface area contributed by atoms with Crippen molar-refractivity contribution in [1.29, 1.82) is 5.26 Å². The summed E-state index contributed by atoms with van der Waals surface area (Å²) in [5.41, 5.74) is 7.86. The molecule has 5 heterocycles. The third-order valence-corrected chi connectivity index (χ3v) is 8.18. The molecule has 0 spiro atoms. The summed E-state index contributed by atoms with van der Waals surface area (Å²) in [7, 11) is 0. The van der Waals surface area contributed by atoms with Crippen LogP contribution in [0.5, 0.6) is 0 Å². The largest absolute Gasteiger partial charge is 0.381 e. The molecule has 1 aromatic carbocycles. The molecule has 3 aromatic rings. The first kappa shape index (κ1) is 22.8. The Balaban J connectivity index is 1.49. The summed E-state index contributed by atoms with van der Waals surface area (Å²) < 4.78 is 5.75. The number of aryl methyl sites for hydroxylation is 1. The molecule has 3 aliphatic heterocycles. The van der Waals surface area contributed by atoms with Gasteiger partial charge in [0.2, 0.25) is 5.91 Å². The van der Waals surface area contributed by atoms with E-state index in [9.17, 15) is 10.1 Å². The van der Waals surface area contributed by atoms with Crippen LogP contribution in [0.15, 0.2) is 18.3 Å². The summed E-state index contributed by atoms with van der Waals surface area (Å²) in [4.78, 5) is 16.9. The average molecular weight is 486 g/mol. The van der Waals surface area contributed by atoms with E-state index in [-0.39, 0.29) is 17.9 Å². The van der Waals surface area contributed by atoms with Crippen LogP contribution in [0.1, 0.15) is 66.7 Å². The highest BCUT2D eigenvalue weighted by atomic mass is 16.5. The monoisotopic (exact) mass is 485 g/mol. The zero-order valence-electron chi connectivity index (χ0n) is 21.0. The summed E-state index contributed by atoms with van der Waals surface area (Å²) in [6, 6.07) is 6.52. The summed E-state index contributed by atoms with van der Waals surface area (Å²) in [5, 5.41) is 25.4. The van der Waals surface area contributed by atoms with Crippen molar-refractivity contribution in [3.63, 3.8) is 0 Å². The Kier molecular flexibility index (Phi) is 5.56. The van der Waals surface area contributed by atoms with E-state index in [0.717, 1.165) is 72.0 Å². The Labute approximate surface area is 210 Å². The first-order chi connectivity index (χ1) is 17.5. The van der Waals surface area contributed by atoms with E-state index in [4.69, 9.17) is 9.84 Å². The topological polar surface area (TPSA) is 114 Å². The summed E-state index contributed by atoms with van der Waals surface area (Å²) >= 11 is 0. The zero-order chi connectivity index (χ0) is 25.0. The molecule has 2 aromatic heterocycles. The normalized spacial score (nSPS) is 23.3. The molecule has 0 radical (unpaired) electrons. The van der Waals surface area contributed by atoms with Gasteiger partial charge in [-0.25, -0.2) is 0 Å². The van der Waals surface area contributed by atoms with Gasteiger partial charge in [0, 0.05) is 72.7 Å². The van der Waals surface area contributed by atoms with Crippen LogP contribution in [-0.2, 0) is 16.0 Å². The number of nitrogens with zero attached hydrogens (tertiary/aromatic N) is 5. The number of H-pyrrole nitrogens is 2. The molecule has 3 unspecified atom stereocenters. The number of nitriles is 1. The van der Waals surface area contributed by atoms with Gasteiger partial charge in [-0.1, -0.05) is 6.92 Å². The van der Waals surface area contributed by atoms with Crippen LogP contribution in [0.3, 0.4) is 0 Å². The number of aromatic amines is 2. The third kappa shape index (κ3) is 3.51. The Morgan fingerprint density at radius 2 is 2.08 bits per heavy atom. The molecule has 1 saturated heterocycles. The van der Waals surface area contributed by atoms with Gasteiger partial charge in [-0.05, 0) is 43.4 Å². The number of fused-ring (bicyclic) bond motifs is 2. The fourth-order valence-corrected chi connectivity index (χ4v) is 6.25. The fourth-order valence-electron chi connectivity index (χ4n) is 6.25. The number of anilines is 2. The van der Waals surface area contributed by atoms with Gasteiger partial charge in [-0.15, -0.1) is 0 Å². The van der Waals surface area contributed by atoms with Crippen molar-refractivity contribution in [1.82, 2.24) is 25.3 Å². The molecule has 3 aliphatic rings. The minimum absolute atomic E-state index is 0.0615. The van der Waals surface area contributed by atoms with Crippen molar-refractivity contribution in [3.05, 3.63) is 46.4 Å². The first-order valence-electron chi connectivity index (χ1n) is 12.8. The van der Waals surface area contributed by atoms with Gasteiger partial charge in [0.05, 0.1) is 30.5 Å². The van der Waals surface area contributed by atoms with E-state index < -0.39 is 0 Å². The molecule has 9 nitrogen and oxygen atoms in total. The SMILES string of the molecule is CC(=O)N1CCc2[nH]nc(N3CCC(C)c4cc(-c5cn[nH]c5C)c(C#N)cc43)c2C1C1CCOC1. The van der Waals surface area contributed by atoms with Gasteiger partial charge in [-0.3, -0.25) is 15.0 Å². The second-order valence-corrected chi connectivity index (χ2v) is 10.3. The number of rotatable bonds is 3. The Hall–Kier alpha value is -3.64. The number of carbonyl (C=O) groups excluding carboxylic acids is 1. The van der Waals surface area contributed by atoms with E-state index in [1.54, 1.807) is 13.1 Å². The molecular weight excluding hydrogens is 454 g/mol. The molecule has 1 amide bonds. The van der Waals surface area contributed by atoms with Crippen molar-refractivity contribution < 1.29 is 9.53 Å². The second kappa shape index (κ2) is 8.79. The minimum atomic E-state index is -0.0615. The van der Waals surface area contributed by atoms with Crippen molar-refractivity contribution >= 4 is 17.4 Å². The minimum Gasteiger partial charge on any atom is -0.381 e. The van der Waals surface area contributed by atoms with Crippen LogP contribution >= 0.6 is 0 Å². The number of aromatic nitrogens is 4. The molecule has 2 N–H and O–H groups in total. The van der Waals surface area contributed by atoms with E-state index >= 15 is 0 Å². The van der Waals surface area contributed by atoms with E-state index in [1.165, 1.54) is 5.56 Å². The zero-order valence-corrected chi connectivity index (χ0v) is 21.0. The highest BCUT2D eigenvalue weighted by Crippen LogP contribution is 2.48. The van der Waals surface area contributed by atoms with Crippen molar-refractivity contribution in [2.45, 2.75) is 52.0 Å². The van der Waals surface area contributed by atoms with Crippen molar-refractivity contribution in [2.75, 3.05) is 31.2 Å². The van der Waals surface area contributed by atoms with E-state index in [2.05, 4.69) is 39.3 Å². The number of hydrogen-bond acceptors (Lipinski definition) is 6. The van der Waals surface area contributed by atoms with Gasteiger partial charge < -0.3 is 14.5 Å². The van der Waals surface area contributed by atoms with Gasteiger partial charge >= 0.3 is 0 Å². The summed E-state index contributed by atoms with van der Waals surface area (Å²) in [6.45, 7) is 8.73. The van der Waals surface area contributed by atoms with Gasteiger partial charge in [-0.2, -0.15) is 15.5 Å². The number of hydrogen-bond donors (Lipinski definition) is 2. The molecule has 36 heavy (non-hydrogen) atoms. The molecular formula is C27H31N7O2. The van der Waals surface area contributed by atoms with Crippen LogP contribution in [-0.4, -0.2) is 57.5 Å². The second-order valence-electron chi connectivity index (χ2n) is 10.3.